The van der Waals surface area contributed by atoms with Gasteiger partial charge in [-0.05, 0) is 37.6 Å². The van der Waals surface area contributed by atoms with Crippen molar-refractivity contribution >= 4 is 0 Å². The molecule has 1 rings (SSSR count). The van der Waals surface area contributed by atoms with Gasteiger partial charge in [0.2, 0.25) is 5.75 Å². The molecule has 0 aliphatic carbocycles. The van der Waals surface area contributed by atoms with E-state index in [2.05, 4.69) is 19.2 Å². The summed E-state index contributed by atoms with van der Waals surface area (Å²) in [6.45, 7) is 7.03. The zero-order valence-corrected chi connectivity index (χ0v) is 12.4. The van der Waals surface area contributed by atoms with E-state index >= 15 is 0 Å². The average molecular weight is 267 g/mol. The monoisotopic (exact) mass is 267 g/mol. The molecule has 0 aromatic heterocycles. The topological polar surface area (TPSA) is 39.7 Å². The Hall–Kier alpha value is -1.42. The summed E-state index contributed by atoms with van der Waals surface area (Å²) in [5, 5.41) is 3.39. The maximum atomic E-state index is 5.77. The molecule has 4 nitrogen and oxygen atoms in total. The van der Waals surface area contributed by atoms with Gasteiger partial charge in [-0.25, -0.2) is 0 Å². The Balaban J connectivity index is 2.40. The van der Waals surface area contributed by atoms with Gasteiger partial charge in [0.25, 0.3) is 0 Å². The number of benzene rings is 1. The van der Waals surface area contributed by atoms with Crippen molar-refractivity contribution in [2.24, 2.45) is 5.92 Å². The highest BCUT2D eigenvalue weighted by Gasteiger charge is 2.10. The summed E-state index contributed by atoms with van der Waals surface area (Å²) in [5.41, 5.74) is 0. The molecule has 1 aromatic carbocycles. The summed E-state index contributed by atoms with van der Waals surface area (Å²) in [5.74, 6) is 2.76. The number of para-hydroxylation sites is 1. The van der Waals surface area contributed by atoms with Gasteiger partial charge in [0.15, 0.2) is 11.5 Å². The first-order chi connectivity index (χ1) is 9.19. The van der Waals surface area contributed by atoms with Crippen LogP contribution < -0.4 is 19.5 Å². The van der Waals surface area contributed by atoms with Gasteiger partial charge >= 0.3 is 0 Å². The lowest BCUT2D eigenvalue weighted by Gasteiger charge is -2.14. The molecule has 0 unspecified atom stereocenters. The summed E-state index contributed by atoms with van der Waals surface area (Å²) in [4.78, 5) is 0. The van der Waals surface area contributed by atoms with E-state index in [1.807, 2.05) is 18.2 Å². The molecule has 1 N–H and O–H groups in total. The fourth-order valence-electron chi connectivity index (χ4n) is 1.72. The van der Waals surface area contributed by atoms with Gasteiger partial charge in [0.1, 0.15) is 0 Å². The maximum absolute atomic E-state index is 5.77. The Morgan fingerprint density at radius 3 is 2.26 bits per heavy atom. The van der Waals surface area contributed by atoms with E-state index in [0.29, 0.717) is 29.8 Å². The van der Waals surface area contributed by atoms with Crippen molar-refractivity contribution < 1.29 is 14.2 Å². The van der Waals surface area contributed by atoms with Gasteiger partial charge in [0, 0.05) is 0 Å². The minimum Gasteiger partial charge on any atom is -0.493 e. The molecule has 108 valence electrons. The van der Waals surface area contributed by atoms with Crippen LogP contribution in [0.1, 0.15) is 20.3 Å². The van der Waals surface area contributed by atoms with Crippen molar-refractivity contribution in [2.75, 3.05) is 33.9 Å². The predicted octanol–water partition coefficient (Wildman–Crippen LogP) is 2.72. The molecule has 0 spiro atoms. The van der Waals surface area contributed by atoms with Gasteiger partial charge in [0.05, 0.1) is 20.8 Å². The normalized spacial score (nSPS) is 10.6. The molecule has 0 amide bonds. The first-order valence-electron chi connectivity index (χ1n) is 6.73. The van der Waals surface area contributed by atoms with Gasteiger partial charge in [-0.3, -0.25) is 0 Å². The van der Waals surface area contributed by atoms with Crippen LogP contribution in [0.5, 0.6) is 17.2 Å². The second-order valence-electron chi connectivity index (χ2n) is 4.79. The maximum Gasteiger partial charge on any atom is 0.203 e. The van der Waals surface area contributed by atoms with Crippen molar-refractivity contribution in [1.82, 2.24) is 5.32 Å². The predicted molar refractivity (Wildman–Crippen MR) is 77.4 cm³/mol. The zero-order valence-electron chi connectivity index (χ0n) is 12.4. The second-order valence-corrected chi connectivity index (χ2v) is 4.79. The smallest absolute Gasteiger partial charge is 0.203 e. The van der Waals surface area contributed by atoms with Crippen LogP contribution in [0.3, 0.4) is 0 Å². The van der Waals surface area contributed by atoms with Crippen LogP contribution in [0.15, 0.2) is 18.2 Å². The first kappa shape index (κ1) is 15.6. The third kappa shape index (κ3) is 5.39. The molecule has 0 aliphatic heterocycles. The van der Waals surface area contributed by atoms with Crippen molar-refractivity contribution in [3.8, 4) is 17.2 Å². The molecule has 0 fully saturated rings. The van der Waals surface area contributed by atoms with Crippen LogP contribution in [0.2, 0.25) is 0 Å². The Bertz CT molecular complexity index is 344. The lowest BCUT2D eigenvalue weighted by molar-refractivity contribution is 0.269. The molecule has 0 aliphatic rings. The third-order valence-electron chi connectivity index (χ3n) is 2.68. The van der Waals surface area contributed by atoms with E-state index < -0.39 is 0 Å². The fourth-order valence-corrected chi connectivity index (χ4v) is 1.72. The number of ether oxygens (including phenoxy) is 3. The lowest BCUT2D eigenvalue weighted by Crippen LogP contribution is -2.22. The molecule has 0 saturated heterocycles. The molecular formula is C15H25NO3. The summed E-state index contributed by atoms with van der Waals surface area (Å²) >= 11 is 0. The zero-order chi connectivity index (χ0) is 14.1. The van der Waals surface area contributed by atoms with Gasteiger partial charge in [-0.2, -0.15) is 0 Å². The molecule has 1 aromatic rings. The molecule has 0 heterocycles. The third-order valence-corrected chi connectivity index (χ3v) is 2.68. The summed E-state index contributed by atoms with van der Waals surface area (Å²) in [6, 6.07) is 5.62. The van der Waals surface area contributed by atoms with Gasteiger partial charge in [-0.1, -0.05) is 19.9 Å². The lowest BCUT2D eigenvalue weighted by atomic mass is 10.2. The molecule has 0 radical (unpaired) electrons. The summed E-state index contributed by atoms with van der Waals surface area (Å²) in [6.07, 6.45) is 0.952. The van der Waals surface area contributed by atoms with Crippen LogP contribution in [0.25, 0.3) is 0 Å². The quantitative estimate of drug-likeness (QED) is 0.698. The summed E-state index contributed by atoms with van der Waals surface area (Å²) < 4.78 is 16.3. The van der Waals surface area contributed by atoms with Crippen LogP contribution in [-0.2, 0) is 0 Å². The Morgan fingerprint density at radius 2 is 1.74 bits per heavy atom. The van der Waals surface area contributed by atoms with Crippen LogP contribution >= 0.6 is 0 Å². The van der Waals surface area contributed by atoms with E-state index in [1.54, 1.807) is 14.2 Å². The standard InChI is InChI=1S/C15H25NO3/c1-12(2)11-16-9-6-10-19-15-13(17-3)7-5-8-14(15)18-4/h5,7-8,12,16H,6,9-11H2,1-4H3. The van der Waals surface area contributed by atoms with E-state index in [4.69, 9.17) is 14.2 Å². The van der Waals surface area contributed by atoms with Crippen molar-refractivity contribution in [2.45, 2.75) is 20.3 Å². The van der Waals surface area contributed by atoms with E-state index in [9.17, 15) is 0 Å². The Kier molecular flexibility index (Phi) is 7.11. The van der Waals surface area contributed by atoms with E-state index in [1.165, 1.54) is 0 Å². The van der Waals surface area contributed by atoms with Crippen molar-refractivity contribution in [3.05, 3.63) is 18.2 Å². The van der Waals surface area contributed by atoms with Gasteiger partial charge in [-0.15, -0.1) is 0 Å². The minimum atomic E-state index is 0.641. The fraction of sp³-hybridized carbons (Fsp3) is 0.600. The van der Waals surface area contributed by atoms with Crippen molar-refractivity contribution in [1.29, 1.82) is 0 Å². The second kappa shape index (κ2) is 8.64. The van der Waals surface area contributed by atoms with Gasteiger partial charge < -0.3 is 19.5 Å². The van der Waals surface area contributed by atoms with Crippen LogP contribution in [0.4, 0.5) is 0 Å². The average Bonchev–Trinajstić information content (AvgIpc) is 2.42. The largest absolute Gasteiger partial charge is 0.493 e. The van der Waals surface area contributed by atoms with Crippen LogP contribution in [0, 0.1) is 5.92 Å². The van der Waals surface area contributed by atoms with Crippen molar-refractivity contribution in [3.63, 3.8) is 0 Å². The molecule has 0 atom stereocenters. The highest BCUT2D eigenvalue weighted by molar-refractivity contribution is 5.51. The van der Waals surface area contributed by atoms with E-state index in [0.717, 1.165) is 19.5 Å². The molecule has 0 saturated carbocycles. The Morgan fingerprint density at radius 1 is 1.11 bits per heavy atom. The highest BCUT2D eigenvalue weighted by atomic mass is 16.5. The number of hydrogen-bond acceptors (Lipinski definition) is 4. The summed E-state index contributed by atoms with van der Waals surface area (Å²) in [7, 11) is 3.26. The van der Waals surface area contributed by atoms with Crippen LogP contribution in [-0.4, -0.2) is 33.9 Å². The van der Waals surface area contributed by atoms with E-state index in [-0.39, 0.29) is 0 Å². The highest BCUT2D eigenvalue weighted by Crippen LogP contribution is 2.36. The molecular weight excluding hydrogens is 242 g/mol. The molecule has 0 bridgehead atoms. The first-order valence-corrected chi connectivity index (χ1v) is 6.73. The Labute approximate surface area is 116 Å². The molecule has 4 heteroatoms. The number of nitrogens with one attached hydrogen (secondary N) is 1. The number of methoxy groups -OCH3 is 2. The SMILES string of the molecule is COc1cccc(OC)c1OCCCNCC(C)C. The number of rotatable bonds is 9. The number of hydrogen-bond donors (Lipinski definition) is 1. The minimum absolute atomic E-state index is 0.641. The molecule has 19 heavy (non-hydrogen) atoms.